The second kappa shape index (κ2) is 5.16. The van der Waals surface area contributed by atoms with E-state index in [0.29, 0.717) is 10.7 Å². The highest BCUT2D eigenvalue weighted by Crippen LogP contribution is 2.53. The Kier molecular flexibility index (Phi) is 3.30. The molecule has 124 valence electrons. The highest BCUT2D eigenvalue weighted by molar-refractivity contribution is 6.36. The van der Waals surface area contributed by atoms with Crippen molar-refractivity contribution >= 4 is 35.1 Å². The van der Waals surface area contributed by atoms with Crippen molar-refractivity contribution < 1.29 is 23.9 Å². The summed E-state index contributed by atoms with van der Waals surface area (Å²) in [5, 5.41) is 0.328. The number of rotatable bonds is 3. The van der Waals surface area contributed by atoms with E-state index in [0.717, 1.165) is 4.90 Å². The molecule has 2 fully saturated rings. The van der Waals surface area contributed by atoms with Crippen LogP contribution in [0.5, 0.6) is 0 Å². The molecule has 0 N–H and O–H groups in total. The minimum absolute atomic E-state index is 0.0914. The van der Waals surface area contributed by atoms with E-state index in [2.05, 4.69) is 0 Å². The summed E-state index contributed by atoms with van der Waals surface area (Å²) in [5.41, 5.74) is -0.713. The molecule has 4 rings (SSSR count). The van der Waals surface area contributed by atoms with Crippen LogP contribution in [0, 0.1) is 11.8 Å². The van der Waals surface area contributed by atoms with Gasteiger partial charge < -0.3 is 9.47 Å². The number of fused-ring (bicyclic) bond motifs is 5. The molecular formula is C17H14ClNO5. The van der Waals surface area contributed by atoms with E-state index in [9.17, 15) is 14.4 Å². The van der Waals surface area contributed by atoms with E-state index in [4.69, 9.17) is 21.1 Å². The molecule has 3 heterocycles. The normalized spacial score (nSPS) is 33.2. The molecule has 2 saturated heterocycles. The second-order valence-electron chi connectivity index (χ2n) is 6.14. The predicted molar refractivity (Wildman–Crippen MR) is 84.3 cm³/mol. The van der Waals surface area contributed by atoms with Crippen LogP contribution >= 0.6 is 11.6 Å². The monoisotopic (exact) mass is 347 g/mol. The van der Waals surface area contributed by atoms with Crippen molar-refractivity contribution in [2.45, 2.75) is 18.6 Å². The quantitative estimate of drug-likeness (QED) is 0.473. The molecule has 1 aromatic carbocycles. The lowest BCUT2D eigenvalue weighted by atomic mass is 9.77. The summed E-state index contributed by atoms with van der Waals surface area (Å²) in [6.45, 7) is 1.20. The molecule has 0 radical (unpaired) electrons. The summed E-state index contributed by atoms with van der Waals surface area (Å²) < 4.78 is 10.9. The van der Waals surface area contributed by atoms with Gasteiger partial charge in [-0.1, -0.05) is 29.8 Å². The van der Waals surface area contributed by atoms with Crippen molar-refractivity contribution in [2.75, 3.05) is 11.5 Å². The Morgan fingerprint density at radius 2 is 2.08 bits per heavy atom. The van der Waals surface area contributed by atoms with Gasteiger partial charge >= 0.3 is 5.97 Å². The summed E-state index contributed by atoms with van der Waals surface area (Å²) in [6.07, 6.45) is 2.99. The zero-order valence-corrected chi connectivity index (χ0v) is 13.5. The lowest BCUT2D eigenvalue weighted by Crippen LogP contribution is -2.44. The van der Waals surface area contributed by atoms with Gasteiger partial charge in [0.1, 0.15) is 12.2 Å². The molecule has 0 saturated carbocycles. The largest absolute Gasteiger partial charge is 0.462 e. The van der Waals surface area contributed by atoms with Crippen LogP contribution in [0.25, 0.3) is 0 Å². The number of esters is 1. The first-order valence-electron chi connectivity index (χ1n) is 7.57. The molecule has 0 spiro atoms. The Morgan fingerprint density at radius 1 is 1.33 bits per heavy atom. The maximum absolute atomic E-state index is 13.0. The average molecular weight is 348 g/mol. The minimum Gasteiger partial charge on any atom is -0.462 e. The summed E-state index contributed by atoms with van der Waals surface area (Å²) in [5.74, 6) is -2.51. The Labute approximate surface area is 143 Å². The molecule has 4 atom stereocenters. The summed E-state index contributed by atoms with van der Waals surface area (Å²) in [6, 6.07) is 6.71. The van der Waals surface area contributed by atoms with E-state index in [-0.39, 0.29) is 18.4 Å². The number of hydrogen-bond donors (Lipinski definition) is 0. The standard InChI is InChI=1S/C17H14ClNO5/c1-9(20)23-8-17-7-6-12(24-17)13-14(17)16(22)19(15(13)21)11-5-3-2-4-10(11)18/h2-7,12-14H,8H2,1H3/t12-,13-,14+,17-/m1/s1. The van der Waals surface area contributed by atoms with Crippen molar-refractivity contribution in [3.63, 3.8) is 0 Å². The first-order chi connectivity index (χ1) is 11.4. The first kappa shape index (κ1) is 15.4. The fraction of sp³-hybridized carbons (Fsp3) is 0.353. The number of hydrogen-bond acceptors (Lipinski definition) is 5. The van der Waals surface area contributed by atoms with Gasteiger partial charge in [-0.3, -0.25) is 14.4 Å². The van der Waals surface area contributed by atoms with E-state index in [1.807, 2.05) is 0 Å². The average Bonchev–Trinajstić information content (AvgIpc) is 3.18. The molecule has 2 amide bonds. The molecule has 3 aliphatic rings. The third-order valence-electron chi connectivity index (χ3n) is 4.75. The van der Waals surface area contributed by atoms with Gasteiger partial charge in [-0.2, -0.15) is 0 Å². The van der Waals surface area contributed by atoms with Gasteiger partial charge in [-0.15, -0.1) is 0 Å². The van der Waals surface area contributed by atoms with Gasteiger partial charge in [0.25, 0.3) is 0 Å². The van der Waals surface area contributed by atoms with Crippen molar-refractivity contribution in [3.05, 3.63) is 41.4 Å². The number of imide groups is 1. The van der Waals surface area contributed by atoms with Gasteiger partial charge in [-0.05, 0) is 18.2 Å². The molecule has 6 nitrogen and oxygen atoms in total. The van der Waals surface area contributed by atoms with Crippen LogP contribution in [-0.2, 0) is 23.9 Å². The van der Waals surface area contributed by atoms with E-state index < -0.39 is 29.5 Å². The first-order valence-corrected chi connectivity index (χ1v) is 7.95. The van der Waals surface area contributed by atoms with Crippen molar-refractivity contribution in [3.8, 4) is 0 Å². The number of carbonyl (C=O) groups is 3. The van der Waals surface area contributed by atoms with Crippen LogP contribution in [0.3, 0.4) is 0 Å². The van der Waals surface area contributed by atoms with Gasteiger partial charge in [0.2, 0.25) is 11.8 Å². The SMILES string of the molecule is CC(=O)OC[C@@]12C=C[C@@H](O1)[C@H]1C(=O)N(c3ccccc3Cl)C(=O)[C@H]12. The molecule has 7 heteroatoms. The van der Waals surface area contributed by atoms with E-state index in [1.165, 1.54) is 6.92 Å². The molecule has 3 aliphatic heterocycles. The van der Waals surface area contributed by atoms with Crippen LogP contribution < -0.4 is 4.90 Å². The summed E-state index contributed by atoms with van der Waals surface area (Å²) in [4.78, 5) is 38.1. The lowest BCUT2D eigenvalue weighted by molar-refractivity contribution is -0.150. The van der Waals surface area contributed by atoms with Crippen molar-refractivity contribution in [1.82, 2.24) is 0 Å². The number of para-hydroxylation sites is 1. The number of benzene rings is 1. The molecule has 24 heavy (non-hydrogen) atoms. The Bertz CT molecular complexity index is 791. The molecule has 0 unspecified atom stereocenters. The summed E-state index contributed by atoms with van der Waals surface area (Å²) in [7, 11) is 0. The number of ether oxygens (including phenoxy) is 2. The molecular weight excluding hydrogens is 334 g/mol. The topological polar surface area (TPSA) is 72.9 Å². The van der Waals surface area contributed by atoms with Crippen LogP contribution in [0.2, 0.25) is 5.02 Å². The van der Waals surface area contributed by atoms with Gasteiger partial charge in [-0.25, -0.2) is 4.90 Å². The lowest BCUT2D eigenvalue weighted by Gasteiger charge is -2.28. The van der Waals surface area contributed by atoms with Gasteiger partial charge in [0.15, 0.2) is 0 Å². The number of carbonyl (C=O) groups excluding carboxylic acids is 3. The second-order valence-corrected chi connectivity index (χ2v) is 6.55. The van der Waals surface area contributed by atoms with Crippen molar-refractivity contribution in [2.24, 2.45) is 11.8 Å². The Hall–Kier alpha value is -2.18. The number of anilines is 1. The maximum atomic E-state index is 13.0. The fourth-order valence-corrected chi connectivity index (χ4v) is 3.97. The predicted octanol–water partition coefficient (Wildman–Crippen LogP) is 1.72. The van der Waals surface area contributed by atoms with Crippen LogP contribution in [0.4, 0.5) is 5.69 Å². The Balaban J connectivity index is 1.72. The minimum atomic E-state index is -1.08. The smallest absolute Gasteiger partial charge is 0.302 e. The number of nitrogens with zero attached hydrogens (tertiary/aromatic N) is 1. The maximum Gasteiger partial charge on any atom is 0.302 e. The highest BCUT2D eigenvalue weighted by Gasteiger charge is 2.68. The zero-order chi connectivity index (χ0) is 17.1. The van der Waals surface area contributed by atoms with E-state index >= 15 is 0 Å². The zero-order valence-electron chi connectivity index (χ0n) is 12.8. The summed E-state index contributed by atoms with van der Waals surface area (Å²) >= 11 is 6.16. The van der Waals surface area contributed by atoms with Gasteiger partial charge in [0.05, 0.1) is 28.6 Å². The molecule has 2 bridgehead atoms. The third-order valence-corrected chi connectivity index (χ3v) is 5.07. The fourth-order valence-electron chi connectivity index (χ4n) is 3.75. The Morgan fingerprint density at radius 3 is 2.79 bits per heavy atom. The van der Waals surface area contributed by atoms with Crippen LogP contribution in [-0.4, -0.2) is 36.1 Å². The molecule has 1 aromatic rings. The molecule has 0 aliphatic carbocycles. The van der Waals surface area contributed by atoms with Crippen LogP contribution in [0.1, 0.15) is 6.92 Å². The number of halogens is 1. The van der Waals surface area contributed by atoms with Gasteiger partial charge in [0, 0.05) is 6.92 Å². The highest BCUT2D eigenvalue weighted by atomic mass is 35.5. The molecule has 0 aromatic heterocycles. The van der Waals surface area contributed by atoms with E-state index in [1.54, 1.807) is 36.4 Å². The third kappa shape index (κ3) is 1.96. The van der Waals surface area contributed by atoms with Crippen LogP contribution in [0.15, 0.2) is 36.4 Å². The number of amides is 2. The van der Waals surface area contributed by atoms with Crippen molar-refractivity contribution in [1.29, 1.82) is 0 Å².